The molecule has 2 N–H and O–H groups in total. The fourth-order valence-electron chi connectivity index (χ4n) is 1.84. The lowest BCUT2D eigenvalue weighted by Gasteiger charge is -2.17. The zero-order valence-corrected chi connectivity index (χ0v) is 10.3. The summed E-state index contributed by atoms with van der Waals surface area (Å²) in [5.41, 5.74) is 0.0674. The van der Waals surface area contributed by atoms with E-state index in [9.17, 15) is 9.59 Å². The summed E-state index contributed by atoms with van der Waals surface area (Å²) in [7, 11) is 0. The maximum Gasteiger partial charge on any atom is 0.332 e. The molecule has 4 nitrogen and oxygen atoms in total. The van der Waals surface area contributed by atoms with E-state index in [0.29, 0.717) is 6.42 Å². The van der Waals surface area contributed by atoms with Gasteiger partial charge in [0.25, 0.3) is 0 Å². The number of aliphatic carboxylic acids is 2. The maximum absolute atomic E-state index is 11.1. The van der Waals surface area contributed by atoms with Crippen LogP contribution in [0.5, 0.6) is 0 Å². The van der Waals surface area contributed by atoms with Crippen LogP contribution in [0.3, 0.4) is 0 Å². The summed E-state index contributed by atoms with van der Waals surface area (Å²) in [6, 6.07) is 0. The second kappa shape index (κ2) is 6.30. The van der Waals surface area contributed by atoms with Crippen molar-refractivity contribution in [3.63, 3.8) is 0 Å². The molecule has 0 saturated heterocycles. The zero-order chi connectivity index (χ0) is 12.9. The molecule has 16 heavy (non-hydrogen) atoms. The number of hydrogen-bond donors (Lipinski definition) is 2. The van der Waals surface area contributed by atoms with Crippen LogP contribution in [-0.2, 0) is 9.59 Å². The Morgan fingerprint density at radius 1 is 1.00 bits per heavy atom. The lowest BCUT2D eigenvalue weighted by atomic mass is 9.87. The van der Waals surface area contributed by atoms with Crippen molar-refractivity contribution in [2.24, 2.45) is 11.8 Å². The molecule has 0 aromatic heterocycles. The van der Waals surface area contributed by atoms with Crippen LogP contribution in [0.15, 0.2) is 11.1 Å². The molecule has 0 radical (unpaired) electrons. The van der Waals surface area contributed by atoms with Crippen molar-refractivity contribution in [2.45, 2.75) is 40.5 Å². The van der Waals surface area contributed by atoms with Crippen molar-refractivity contribution in [3.8, 4) is 0 Å². The third kappa shape index (κ3) is 3.68. The van der Waals surface area contributed by atoms with Crippen LogP contribution < -0.4 is 0 Å². The lowest BCUT2D eigenvalue weighted by Crippen LogP contribution is -2.20. The summed E-state index contributed by atoms with van der Waals surface area (Å²) < 4.78 is 0. The van der Waals surface area contributed by atoms with Gasteiger partial charge in [-0.1, -0.05) is 34.1 Å². The minimum Gasteiger partial charge on any atom is -0.478 e. The van der Waals surface area contributed by atoms with E-state index in [0.717, 1.165) is 6.42 Å². The molecular weight excluding hydrogens is 208 g/mol. The van der Waals surface area contributed by atoms with Gasteiger partial charge >= 0.3 is 11.9 Å². The van der Waals surface area contributed by atoms with Crippen molar-refractivity contribution < 1.29 is 19.8 Å². The van der Waals surface area contributed by atoms with E-state index in [1.807, 2.05) is 6.92 Å². The number of carboxylic acids is 2. The van der Waals surface area contributed by atoms with Gasteiger partial charge in [-0.15, -0.1) is 0 Å². The van der Waals surface area contributed by atoms with Crippen molar-refractivity contribution in [1.29, 1.82) is 0 Å². The molecule has 0 spiro atoms. The highest BCUT2D eigenvalue weighted by Gasteiger charge is 2.26. The van der Waals surface area contributed by atoms with E-state index < -0.39 is 11.9 Å². The summed E-state index contributed by atoms with van der Waals surface area (Å²) in [6.07, 6.45) is 1.52. The monoisotopic (exact) mass is 228 g/mol. The minimum atomic E-state index is -1.13. The predicted octanol–water partition coefficient (Wildman–Crippen LogP) is 2.54. The lowest BCUT2D eigenvalue weighted by molar-refractivity contribution is -0.136. The SMILES string of the molecule is CCCC(C)C(C(=O)O)=C(C(=O)O)C(C)C. The number of carboxylic acid groups (broad SMARTS) is 2. The third-order valence-corrected chi connectivity index (χ3v) is 2.54. The van der Waals surface area contributed by atoms with Crippen LogP contribution in [0.1, 0.15) is 40.5 Å². The Kier molecular flexibility index (Phi) is 5.78. The van der Waals surface area contributed by atoms with E-state index in [-0.39, 0.29) is 23.0 Å². The molecule has 0 aromatic carbocycles. The van der Waals surface area contributed by atoms with E-state index in [1.54, 1.807) is 20.8 Å². The minimum absolute atomic E-state index is 0.0217. The molecule has 0 bridgehead atoms. The zero-order valence-electron chi connectivity index (χ0n) is 10.3. The topological polar surface area (TPSA) is 74.6 Å². The molecule has 0 saturated carbocycles. The molecule has 0 fully saturated rings. The Morgan fingerprint density at radius 3 is 1.69 bits per heavy atom. The largest absolute Gasteiger partial charge is 0.478 e. The fraction of sp³-hybridized carbons (Fsp3) is 0.667. The second-order valence-corrected chi connectivity index (χ2v) is 4.28. The van der Waals surface area contributed by atoms with E-state index in [4.69, 9.17) is 10.2 Å². The Hall–Kier alpha value is -1.32. The first-order valence-corrected chi connectivity index (χ1v) is 5.53. The van der Waals surface area contributed by atoms with Gasteiger partial charge in [0.1, 0.15) is 0 Å². The maximum atomic E-state index is 11.1. The molecule has 0 amide bonds. The standard InChI is InChI=1S/C12H20O4/c1-5-6-8(4)10(12(15)16)9(7(2)3)11(13)14/h7-8H,5-6H2,1-4H3,(H,13,14)(H,15,16). The smallest absolute Gasteiger partial charge is 0.332 e. The van der Waals surface area contributed by atoms with Gasteiger partial charge in [0.2, 0.25) is 0 Å². The molecule has 1 atom stereocenters. The molecule has 0 aliphatic rings. The van der Waals surface area contributed by atoms with Crippen LogP contribution in [0.2, 0.25) is 0 Å². The first kappa shape index (κ1) is 14.7. The van der Waals surface area contributed by atoms with Crippen molar-refractivity contribution in [3.05, 3.63) is 11.1 Å². The highest BCUT2D eigenvalue weighted by Crippen LogP contribution is 2.25. The average Bonchev–Trinajstić information content (AvgIpc) is 2.11. The summed E-state index contributed by atoms with van der Waals surface area (Å²) >= 11 is 0. The molecule has 0 heterocycles. The summed E-state index contributed by atoms with van der Waals surface area (Å²) in [5, 5.41) is 18.2. The Morgan fingerprint density at radius 2 is 1.44 bits per heavy atom. The molecule has 0 aliphatic heterocycles. The van der Waals surface area contributed by atoms with Crippen LogP contribution in [-0.4, -0.2) is 22.2 Å². The van der Waals surface area contributed by atoms with Gasteiger partial charge in [-0.3, -0.25) is 0 Å². The number of rotatable bonds is 6. The molecule has 1 unspecified atom stereocenters. The summed E-state index contributed by atoms with van der Waals surface area (Å²) in [6.45, 7) is 7.11. The molecule has 92 valence electrons. The quantitative estimate of drug-likeness (QED) is 0.685. The summed E-state index contributed by atoms with van der Waals surface area (Å²) in [4.78, 5) is 22.2. The Labute approximate surface area is 96.0 Å². The van der Waals surface area contributed by atoms with Crippen LogP contribution in [0.25, 0.3) is 0 Å². The van der Waals surface area contributed by atoms with Crippen molar-refractivity contribution in [1.82, 2.24) is 0 Å². The van der Waals surface area contributed by atoms with Gasteiger partial charge in [0.15, 0.2) is 0 Å². The molecule has 4 heteroatoms. The molecular formula is C12H20O4. The van der Waals surface area contributed by atoms with E-state index in [2.05, 4.69) is 0 Å². The summed E-state index contributed by atoms with van der Waals surface area (Å²) in [5.74, 6) is -2.76. The molecule has 0 aliphatic carbocycles. The highest BCUT2D eigenvalue weighted by molar-refractivity contribution is 5.99. The van der Waals surface area contributed by atoms with Crippen molar-refractivity contribution >= 4 is 11.9 Å². The van der Waals surface area contributed by atoms with Crippen LogP contribution in [0, 0.1) is 11.8 Å². The van der Waals surface area contributed by atoms with E-state index in [1.165, 1.54) is 0 Å². The van der Waals surface area contributed by atoms with E-state index >= 15 is 0 Å². The van der Waals surface area contributed by atoms with Gasteiger partial charge in [-0.25, -0.2) is 9.59 Å². The predicted molar refractivity (Wildman–Crippen MR) is 61.2 cm³/mol. The van der Waals surface area contributed by atoms with Gasteiger partial charge in [-0.05, 0) is 18.3 Å². The van der Waals surface area contributed by atoms with Gasteiger partial charge in [-0.2, -0.15) is 0 Å². The Bertz CT molecular complexity index is 302. The van der Waals surface area contributed by atoms with Crippen LogP contribution in [0.4, 0.5) is 0 Å². The normalized spacial score (nSPS) is 14.6. The third-order valence-electron chi connectivity index (χ3n) is 2.54. The van der Waals surface area contributed by atoms with Crippen molar-refractivity contribution in [2.75, 3.05) is 0 Å². The molecule has 0 rings (SSSR count). The highest BCUT2D eigenvalue weighted by atomic mass is 16.4. The van der Waals surface area contributed by atoms with Gasteiger partial charge in [0.05, 0.1) is 11.1 Å². The van der Waals surface area contributed by atoms with Crippen LogP contribution >= 0.6 is 0 Å². The van der Waals surface area contributed by atoms with Gasteiger partial charge < -0.3 is 10.2 Å². The number of hydrogen-bond acceptors (Lipinski definition) is 2. The second-order valence-electron chi connectivity index (χ2n) is 4.28. The first-order valence-electron chi connectivity index (χ1n) is 5.53. The average molecular weight is 228 g/mol. The number of carbonyl (C=O) groups is 2. The van der Waals surface area contributed by atoms with Gasteiger partial charge in [0, 0.05) is 0 Å². The Balaban J connectivity index is 5.49. The first-order chi connectivity index (χ1) is 7.32. The fourth-order valence-corrected chi connectivity index (χ4v) is 1.84. The molecule has 0 aromatic rings.